The molecule has 1 N–H and O–H groups in total. The number of hydrogen-bond donors (Lipinski definition) is 1. The summed E-state index contributed by atoms with van der Waals surface area (Å²) in [6.45, 7) is 4.44. The van der Waals surface area contributed by atoms with Crippen molar-refractivity contribution in [3.63, 3.8) is 0 Å². The van der Waals surface area contributed by atoms with Crippen LogP contribution in [0.2, 0.25) is 0 Å². The Labute approximate surface area is 126 Å². The van der Waals surface area contributed by atoms with E-state index in [1.54, 1.807) is 17.6 Å². The fourth-order valence-corrected chi connectivity index (χ4v) is 3.17. The van der Waals surface area contributed by atoms with Gasteiger partial charge in [0.1, 0.15) is 12.4 Å². The van der Waals surface area contributed by atoms with Crippen LogP contribution in [0.25, 0.3) is 0 Å². The Hall–Kier alpha value is -0.620. The van der Waals surface area contributed by atoms with Crippen molar-refractivity contribution in [2.45, 2.75) is 26.0 Å². The van der Waals surface area contributed by atoms with Gasteiger partial charge in [-0.2, -0.15) is 0 Å². The van der Waals surface area contributed by atoms with E-state index in [1.807, 2.05) is 12.1 Å². The van der Waals surface area contributed by atoms with E-state index in [2.05, 4.69) is 40.3 Å². The predicted octanol–water partition coefficient (Wildman–Crippen LogP) is 4.36. The first-order chi connectivity index (χ1) is 9.25. The molecule has 2 rings (SSSR count). The van der Waals surface area contributed by atoms with Gasteiger partial charge in [0.25, 0.3) is 0 Å². The Kier molecular flexibility index (Phi) is 6.10. The van der Waals surface area contributed by atoms with Crippen LogP contribution in [0.15, 0.2) is 38.7 Å². The number of halogens is 1. The highest BCUT2D eigenvalue weighted by Gasteiger charge is 2.06. The Morgan fingerprint density at radius 1 is 1.42 bits per heavy atom. The standard InChI is InChI=1S/C14H18BrNO2S/c1-11(13-5-6-14(15)19-13)16-7-3-8-17-10-12-4-2-9-18-12/h2,4-6,9,11,16H,3,7-8,10H2,1H3. The van der Waals surface area contributed by atoms with Crippen molar-refractivity contribution in [3.05, 3.63) is 45.0 Å². The summed E-state index contributed by atoms with van der Waals surface area (Å²) in [5.74, 6) is 0.879. The molecule has 1 atom stereocenters. The second kappa shape index (κ2) is 7.85. The van der Waals surface area contributed by atoms with Crippen molar-refractivity contribution in [3.8, 4) is 0 Å². The molecular weight excluding hydrogens is 326 g/mol. The molecule has 2 aromatic heterocycles. The second-order valence-corrected chi connectivity index (χ2v) is 6.80. The Morgan fingerprint density at radius 3 is 3.00 bits per heavy atom. The first kappa shape index (κ1) is 14.8. The first-order valence-electron chi connectivity index (χ1n) is 6.34. The molecule has 0 saturated carbocycles. The van der Waals surface area contributed by atoms with Gasteiger partial charge in [-0.25, -0.2) is 0 Å². The van der Waals surface area contributed by atoms with E-state index in [1.165, 1.54) is 8.66 Å². The molecule has 1 unspecified atom stereocenters. The van der Waals surface area contributed by atoms with Gasteiger partial charge in [0, 0.05) is 17.5 Å². The topological polar surface area (TPSA) is 34.4 Å². The zero-order valence-corrected chi connectivity index (χ0v) is 13.3. The van der Waals surface area contributed by atoms with Crippen LogP contribution in [-0.4, -0.2) is 13.2 Å². The molecule has 2 aromatic rings. The third kappa shape index (κ3) is 5.10. The lowest BCUT2D eigenvalue weighted by Gasteiger charge is -2.11. The quantitative estimate of drug-likeness (QED) is 0.723. The first-order valence-corrected chi connectivity index (χ1v) is 7.95. The molecule has 0 radical (unpaired) electrons. The minimum absolute atomic E-state index is 0.390. The van der Waals surface area contributed by atoms with Crippen LogP contribution in [0.3, 0.4) is 0 Å². The smallest absolute Gasteiger partial charge is 0.129 e. The van der Waals surface area contributed by atoms with Crippen molar-refractivity contribution < 1.29 is 9.15 Å². The van der Waals surface area contributed by atoms with Crippen molar-refractivity contribution in [1.29, 1.82) is 0 Å². The van der Waals surface area contributed by atoms with Gasteiger partial charge in [-0.3, -0.25) is 0 Å². The fourth-order valence-electron chi connectivity index (χ4n) is 1.72. The number of hydrogen-bond acceptors (Lipinski definition) is 4. The summed E-state index contributed by atoms with van der Waals surface area (Å²) in [6.07, 6.45) is 2.67. The third-order valence-corrected chi connectivity index (χ3v) is 4.57. The van der Waals surface area contributed by atoms with Gasteiger partial charge >= 0.3 is 0 Å². The van der Waals surface area contributed by atoms with Crippen LogP contribution >= 0.6 is 27.3 Å². The molecule has 2 heterocycles. The molecule has 0 aliphatic heterocycles. The van der Waals surface area contributed by atoms with Gasteiger partial charge in [0.2, 0.25) is 0 Å². The molecule has 19 heavy (non-hydrogen) atoms. The van der Waals surface area contributed by atoms with Crippen LogP contribution < -0.4 is 5.32 Å². The van der Waals surface area contributed by atoms with Gasteiger partial charge in [0.15, 0.2) is 0 Å². The van der Waals surface area contributed by atoms with Crippen LogP contribution in [0.5, 0.6) is 0 Å². The SMILES string of the molecule is CC(NCCCOCc1ccco1)c1ccc(Br)s1. The molecule has 0 saturated heterocycles. The summed E-state index contributed by atoms with van der Waals surface area (Å²) in [6, 6.07) is 8.43. The molecule has 0 bridgehead atoms. The van der Waals surface area contributed by atoms with Gasteiger partial charge in [-0.1, -0.05) is 0 Å². The van der Waals surface area contributed by atoms with Crippen LogP contribution in [-0.2, 0) is 11.3 Å². The summed E-state index contributed by atoms with van der Waals surface area (Å²) in [5.41, 5.74) is 0. The summed E-state index contributed by atoms with van der Waals surface area (Å²) in [5, 5.41) is 3.49. The maximum Gasteiger partial charge on any atom is 0.129 e. The fraction of sp³-hybridized carbons (Fsp3) is 0.429. The van der Waals surface area contributed by atoms with Gasteiger partial charge < -0.3 is 14.5 Å². The highest BCUT2D eigenvalue weighted by Crippen LogP contribution is 2.26. The average Bonchev–Trinajstić information content (AvgIpc) is 3.04. The van der Waals surface area contributed by atoms with E-state index >= 15 is 0 Å². The normalized spacial score (nSPS) is 12.7. The second-order valence-electron chi connectivity index (χ2n) is 4.30. The lowest BCUT2D eigenvalue weighted by Crippen LogP contribution is -2.20. The van der Waals surface area contributed by atoms with Gasteiger partial charge in [-0.15, -0.1) is 11.3 Å². The van der Waals surface area contributed by atoms with Crippen LogP contribution in [0.4, 0.5) is 0 Å². The highest BCUT2D eigenvalue weighted by atomic mass is 79.9. The van der Waals surface area contributed by atoms with Crippen molar-refractivity contribution in [2.75, 3.05) is 13.2 Å². The monoisotopic (exact) mass is 343 g/mol. The Balaban J connectivity index is 1.54. The number of ether oxygens (including phenoxy) is 1. The average molecular weight is 344 g/mol. The molecule has 0 aliphatic rings. The minimum atomic E-state index is 0.390. The molecule has 0 amide bonds. The lowest BCUT2D eigenvalue weighted by atomic mass is 10.2. The van der Waals surface area contributed by atoms with E-state index in [0.29, 0.717) is 12.6 Å². The molecule has 5 heteroatoms. The number of furan rings is 1. The number of rotatable bonds is 8. The van der Waals surface area contributed by atoms with Crippen LogP contribution in [0.1, 0.15) is 30.0 Å². The van der Waals surface area contributed by atoms with E-state index in [9.17, 15) is 0 Å². The lowest BCUT2D eigenvalue weighted by molar-refractivity contribution is 0.104. The highest BCUT2D eigenvalue weighted by molar-refractivity contribution is 9.11. The molecule has 3 nitrogen and oxygen atoms in total. The third-order valence-electron chi connectivity index (χ3n) is 2.76. The molecule has 0 aliphatic carbocycles. The number of thiophene rings is 1. The molecule has 0 fully saturated rings. The number of nitrogens with one attached hydrogen (secondary N) is 1. The van der Waals surface area contributed by atoms with Gasteiger partial charge in [0.05, 0.1) is 10.0 Å². The van der Waals surface area contributed by atoms with E-state index in [4.69, 9.17) is 9.15 Å². The Morgan fingerprint density at radius 2 is 2.32 bits per heavy atom. The van der Waals surface area contributed by atoms with E-state index < -0.39 is 0 Å². The Bertz CT molecular complexity index is 470. The van der Waals surface area contributed by atoms with Crippen molar-refractivity contribution in [2.24, 2.45) is 0 Å². The maximum atomic E-state index is 5.53. The summed E-state index contributed by atoms with van der Waals surface area (Å²) in [7, 11) is 0. The van der Waals surface area contributed by atoms with Crippen molar-refractivity contribution in [1.82, 2.24) is 5.32 Å². The van der Waals surface area contributed by atoms with Crippen LogP contribution in [0, 0.1) is 0 Å². The van der Waals surface area contributed by atoms with Gasteiger partial charge in [-0.05, 0) is 60.1 Å². The predicted molar refractivity (Wildman–Crippen MR) is 81.4 cm³/mol. The zero-order valence-electron chi connectivity index (χ0n) is 10.9. The van der Waals surface area contributed by atoms with E-state index in [0.717, 1.165) is 25.3 Å². The van der Waals surface area contributed by atoms with E-state index in [-0.39, 0.29) is 0 Å². The summed E-state index contributed by atoms with van der Waals surface area (Å²) in [4.78, 5) is 1.35. The molecule has 0 aromatic carbocycles. The largest absolute Gasteiger partial charge is 0.467 e. The molecule has 104 valence electrons. The summed E-state index contributed by atoms with van der Waals surface area (Å²) < 4.78 is 11.9. The van der Waals surface area contributed by atoms with Crippen molar-refractivity contribution >= 4 is 27.3 Å². The molecular formula is C14H18BrNO2S. The molecule has 0 spiro atoms. The maximum absolute atomic E-state index is 5.53. The minimum Gasteiger partial charge on any atom is -0.467 e. The zero-order chi connectivity index (χ0) is 13.5. The summed E-state index contributed by atoms with van der Waals surface area (Å²) >= 11 is 5.26.